The van der Waals surface area contributed by atoms with Gasteiger partial charge in [0.15, 0.2) is 4.77 Å². The van der Waals surface area contributed by atoms with Crippen molar-refractivity contribution in [3.05, 3.63) is 10.6 Å². The van der Waals surface area contributed by atoms with Gasteiger partial charge in [-0.25, -0.2) is 0 Å². The maximum absolute atomic E-state index is 11.7. The van der Waals surface area contributed by atoms with E-state index in [4.69, 9.17) is 12.2 Å². The zero-order chi connectivity index (χ0) is 11.4. The molecule has 1 heterocycles. The van der Waals surface area contributed by atoms with Gasteiger partial charge in [-0.05, 0) is 19.1 Å². The van der Waals surface area contributed by atoms with Gasteiger partial charge in [-0.15, -0.1) is 0 Å². The van der Waals surface area contributed by atoms with Crippen LogP contribution < -0.4 is 0 Å². The minimum absolute atomic E-state index is 0.0460. The fourth-order valence-electron chi connectivity index (χ4n) is 1.22. The smallest absolute Gasteiger partial charge is 0.242 e. The van der Waals surface area contributed by atoms with E-state index in [1.165, 1.54) is 0 Å². The highest BCUT2D eigenvalue weighted by atomic mass is 32.1. The molecule has 5 nitrogen and oxygen atoms in total. The molecule has 0 spiro atoms. The van der Waals surface area contributed by atoms with Gasteiger partial charge in [0.1, 0.15) is 12.4 Å². The number of carbonyl (C=O) groups is 1. The van der Waals surface area contributed by atoms with Gasteiger partial charge < -0.3 is 4.90 Å². The summed E-state index contributed by atoms with van der Waals surface area (Å²) in [5.74, 6) is 0.863. The molecule has 84 valence electrons. The van der Waals surface area contributed by atoms with Crippen LogP contribution in [0.4, 0.5) is 0 Å². The summed E-state index contributed by atoms with van der Waals surface area (Å²) in [4.78, 5) is 13.3. The average Bonchev–Trinajstić information content (AvgIpc) is 2.59. The molecule has 0 radical (unpaired) electrons. The summed E-state index contributed by atoms with van der Waals surface area (Å²) >= 11 is 5.05. The van der Waals surface area contributed by atoms with Gasteiger partial charge in [0, 0.05) is 20.0 Å². The molecule has 1 aromatic heterocycles. The second-order valence-electron chi connectivity index (χ2n) is 3.29. The first-order chi connectivity index (χ1) is 7.10. The summed E-state index contributed by atoms with van der Waals surface area (Å²) < 4.78 is 2.24. The normalized spacial score (nSPS) is 10.3. The second-order valence-corrected chi connectivity index (χ2v) is 3.68. The van der Waals surface area contributed by atoms with E-state index in [-0.39, 0.29) is 12.5 Å². The monoisotopic (exact) mass is 228 g/mol. The third kappa shape index (κ3) is 2.65. The van der Waals surface area contributed by atoms with Crippen LogP contribution in [-0.2, 0) is 17.8 Å². The van der Waals surface area contributed by atoms with Gasteiger partial charge >= 0.3 is 0 Å². The van der Waals surface area contributed by atoms with E-state index in [0.29, 0.717) is 11.3 Å². The number of hydrogen-bond acceptors (Lipinski definition) is 3. The molecular weight excluding hydrogens is 212 g/mol. The molecule has 0 bridgehead atoms. The van der Waals surface area contributed by atoms with E-state index in [1.54, 1.807) is 16.5 Å². The van der Waals surface area contributed by atoms with Crippen molar-refractivity contribution in [1.82, 2.24) is 19.7 Å². The van der Waals surface area contributed by atoms with Gasteiger partial charge in [0.25, 0.3) is 0 Å². The zero-order valence-corrected chi connectivity index (χ0v) is 10.1. The summed E-state index contributed by atoms with van der Waals surface area (Å²) in [6.45, 7) is 4.89. The molecule has 0 aliphatic rings. The summed E-state index contributed by atoms with van der Waals surface area (Å²) in [6.07, 6.45) is 0.760. The van der Waals surface area contributed by atoms with E-state index in [2.05, 4.69) is 10.2 Å². The van der Waals surface area contributed by atoms with Crippen LogP contribution in [0.1, 0.15) is 19.7 Å². The Morgan fingerprint density at radius 2 is 2.27 bits per heavy atom. The lowest BCUT2D eigenvalue weighted by molar-refractivity contribution is -0.130. The fourth-order valence-corrected chi connectivity index (χ4v) is 1.43. The fraction of sp³-hybridized carbons (Fsp3) is 0.667. The molecular formula is C9H16N4OS. The molecule has 1 aromatic rings. The van der Waals surface area contributed by atoms with Crippen molar-refractivity contribution in [3.8, 4) is 0 Å². The molecule has 15 heavy (non-hydrogen) atoms. The maximum atomic E-state index is 11.7. The number of hydrogen-bond donors (Lipinski definition) is 1. The summed E-state index contributed by atoms with van der Waals surface area (Å²) in [7, 11) is 1.78. The number of amides is 1. The molecule has 1 N–H and O–H groups in total. The van der Waals surface area contributed by atoms with Crippen LogP contribution in [-0.4, -0.2) is 39.2 Å². The largest absolute Gasteiger partial charge is 0.344 e. The summed E-state index contributed by atoms with van der Waals surface area (Å²) in [5.41, 5.74) is 0. The molecule has 0 saturated carbocycles. The van der Waals surface area contributed by atoms with Crippen molar-refractivity contribution in [2.75, 3.05) is 13.6 Å². The molecule has 6 heteroatoms. The number of aromatic amines is 1. The molecule has 0 aliphatic carbocycles. The van der Waals surface area contributed by atoms with Gasteiger partial charge in [-0.1, -0.05) is 6.92 Å². The molecule has 1 rings (SSSR count). The Morgan fingerprint density at radius 3 is 2.80 bits per heavy atom. The average molecular weight is 228 g/mol. The molecule has 0 aromatic carbocycles. The van der Waals surface area contributed by atoms with Crippen molar-refractivity contribution >= 4 is 18.1 Å². The van der Waals surface area contributed by atoms with E-state index < -0.39 is 0 Å². The first kappa shape index (κ1) is 11.9. The minimum Gasteiger partial charge on any atom is -0.344 e. The highest BCUT2D eigenvalue weighted by Crippen LogP contribution is 2.00. The molecule has 1 amide bonds. The second kappa shape index (κ2) is 5.06. The van der Waals surface area contributed by atoms with Crippen molar-refractivity contribution in [2.45, 2.75) is 26.8 Å². The Kier molecular flexibility index (Phi) is 4.02. The number of rotatable bonds is 4. The predicted octanol–water partition coefficient (Wildman–Crippen LogP) is 0.981. The quantitative estimate of drug-likeness (QED) is 0.782. The third-order valence-electron chi connectivity index (χ3n) is 2.35. The highest BCUT2D eigenvalue weighted by Gasteiger charge is 2.11. The topological polar surface area (TPSA) is 53.9 Å². The van der Waals surface area contributed by atoms with Gasteiger partial charge in [-0.2, -0.15) is 5.10 Å². The van der Waals surface area contributed by atoms with E-state index >= 15 is 0 Å². The van der Waals surface area contributed by atoms with Crippen LogP contribution in [0.5, 0.6) is 0 Å². The van der Waals surface area contributed by atoms with Gasteiger partial charge in [0.2, 0.25) is 5.91 Å². The van der Waals surface area contributed by atoms with Crippen molar-refractivity contribution < 1.29 is 4.79 Å². The Balaban J connectivity index is 2.84. The SMILES string of the molecule is CCc1n[nH]c(=S)n1CC(=O)N(C)CC. The van der Waals surface area contributed by atoms with E-state index in [0.717, 1.165) is 12.2 Å². The Bertz CT molecular complexity index is 395. The Labute approximate surface area is 94.1 Å². The van der Waals surface area contributed by atoms with Crippen LogP contribution in [0.3, 0.4) is 0 Å². The summed E-state index contributed by atoms with van der Waals surface area (Å²) in [6, 6.07) is 0. The number of H-pyrrole nitrogens is 1. The van der Waals surface area contributed by atoms with Crippen LogP contribution in [0.2, 0.25) is 0 Å². The van der Waals surface area contributed by atoms with Crippen molar-refractivity contribution in [2.24, 2.45) is 0 Å². The standard InChI is InChI=1S/C9H16N4OS/c1-4-7-10-11-9(15)13(7)6-8(14)12(3)5-2/h4-6H2,1-3H3,(H,11,15). The predicted molar refractivity (Wildman–Crippen MR) is 60.1 cm³/mol. The number of nitrogens with one attached hydrogen (secondary N) is 1. The van der Waals surface area contributed by atoms with Crippen molar-refractivity contribution in [1.29, 1.82) is 0 Å². The Morgan fingerprint density at radius 1 is 1.60 bits per heavy atom. The highest BCUT2D eigenvalue weighted by molar-refractivity contribution is 7.71. The van der Waals surface area contributed by atoms with Gasteiger partial charge in [-0.3, -0.25) is 14.5 Å². The molecule has 0 aliphatic heterocycles. The zero-order valence-electron chi connectivity index (χ0n) is 9.28. The number of aryl methyl sites for hydroxylation is 1. The third-order valence-corrected chi connectivity index (χ3v) is 2.66. The lowest BCUT2D eigenvalue weighted by Crippen LogP contribution is -2.30. The lowest BCUT2D eigenvalue weighted by atomic mass is 10.4. The number of likely N-dealkylation sites (N-methyl/N-ethyl adjacent to an activating group) is 1. The number of aromatic nitrogens is 3. The summed E-state index contributed by atoms with van der Waals surface area (Å²) in [5, 5.41) is 6.74. The number of nitrogens with zero attached hydrogens (tertiary/aromatic N) is 3. The lowest BCUT2D eigenvalue weighted by Gasteiger charge is -2.15. The Hall–Kier alpha value is -1.17. The number of carbonyl (C=O) groups excluding carboxylic acids is 1. The van der Waals surface area contributed by atoms with Crippen molar-refractivity contribution in [3.63, 3.8) is 0 Å². The van der Waals surface area contributed by atoms with Crippen LogP contribution >= 0.6 is 12.2 Å². The molecule has 0 atom stereocenters. The van der Waals surface area contributed by atoms with E-state index in [1.807, 2.05) is 13.8 Å². The maximum Gasteiger partial charge on any atom is 0.242 e. The first-order valence-electron chi connectivity index (χ1n) is 4.98. The van der Waals surface area contributed by atoms with Gasteiger partial charge in [0.05, 0.1) is 0 Å². The van der Waals surface area contributed by atoms with Crippen LogP contribution in [0.25, 0.3) is 0 Å². The molecule has 0 unspecified atom stereocenters. The van der Waals surface area contributed by atoms with E-state index in [9.17, 15) is 4.79 Å². The molecule has 0 fully saturated rings. The molecule has 0 saturated heterocycles. The van der Waals surface area contributed by atoms with Crippen LogP contribution in [0.15, 0.2) is 0 Å². The first-order valence-corrected chi connectivity index (χ1v) is 5.39. The van der Waals surface area contributed by atoms with Crippen LogP contribution in [0, 0.1) is 4.77 Å². The minimum atomic E-state index is 0.0460.